The summed E-state index contributed by atoms with van der Waals surface area (Å²) in [4.78, 5) is 0. The van der Waals surface area contributed by atoms with Crippen molar-refractivity contribution in [1.82, 2.24) is 0 Å². The summed E-state index contributed by atoms with van der Waals surface area (Å²) in [6.07, 6.45) is 11.0. The van der Waals surface area contributed by atoms with Crippen LogP contribution in [0.2, 0.25) is 0 Å². The van der Waals surface area contributed by atoms with Crippen LogP contribution in [0.1, 0.15) is 39.0 Å². The fraction of sp³-hybridized carbons (Fsp3) is 0.571. The Labute approximate surface area is 93.2 Å². The molecule has 1 saturated carbocycles. The molecular weight excluding hydrogens is 184 g/mol. The van der Waals surface area contributed by atoms with Crippen molar-refractivity contribution in [3.63, 3.8) is 0 Å². The first-order valence-electron chi connectivity index (χ1n) is 5.82. The smallest absolute Gasteiger partial charge is 0.0557 e. The largest absolute Gasteiger partial charge is 0.393 e. The molecule has 15 heavy (non-hydrogen) atoms. The van der Waals surface area contributed by atoms with Gasteiger partial charge in [-0.15, -0.1) is 0 Å². The number of aliphatic hydroxyl groups excluding tert-OH is 1. The lowest BCUT2D eigenvalue weighted by atomic mass is 9.60. The van der Waals surface area contributed by atoms with Crippen LogP contribution in [0.15, 0.2) is 37.0 Å². The monoisotopic (exact) mass is 206 g/mol. The summed E-state index contributed by atoms with van der Waals surface area (Å²) in [5, 5.41) is 9.51. The number of rotatable bonds is 6. The molecule has 0 bridgehead atoms. The maximum atomic E-state index is 9.51. The minimum Gasteiger partial charge on any atom is -0.393 e. The van der Waals surface area contributed by atoms with Gasteiger partial charge in [0.2, 0.25) is 0 Å². The third-order valence-corrected chi connectivity index (χ3v) is 3.39. The minimum atomic E-state index is -0.116. The zero-order chi connectivity index (χ0) is 11.3. The zero-order valence-electron chi connectivity index (χ0n) is 9.71. The van der Waals surface area contributed by atoms with Gasteiger partial charge >= 0.3 is 0 Å². The summed E-state index contributed by atoms with van der Waals surface area (Å²) in [6, 6.07) is 0. The summed E-state index contributed by atoms with van der Waals surface area (Å²) in [6.45, 7) is 9.80. The fourth-order valence-corrected chi connectivity index (χ4v) is 2.53. The lowest BCUT2D eigenvalue weighted by Crippen LogP contribution is -2.42. The second-order valence-corrected chi connectivity index (χ2v) is 4.51. The van der Waals surface area contributed by atoms with Gasteiger partial charge in [-0.1, -0.05) is 51.2 Å². The third kappa shape index (κ3) is 2.60. The Morgan fingerprint density at radius 1 is 1.47 bits per heavy atom. The SMILES string of the molecule is C=C/C=C(\C=C)C1(CCCC)CC(O)C1. The summed E-state index contributed by atoms with van der Waals surface area (Å²) in [7, 11) is 0. The van der Waals surface area contributed by atoms with Gasteiger partial charge in [-0.2, -0.15) is 0 Å². The van der Waals surface area contributed by atoms with E-state index in [4.69, 9.17) is 0 Å². The number of hydrogen-bond acceptors (Lipinski definition) is 1. The van der Waals surface area contributed by atoms with Gasteiger partial charge in [0.15, 0.2) is 0 Å². The summed E-state index contributed by atoms with van der Waals surface area (Å²) in [5.41, 5.74) is 1.43. The standard InChI is InChI=1S/C14H22O/c1-4-7-9-14(10-13(15)11-14)12(6-3)8-5-2/h5-6,8,13,15H,2-4,7,9-11H2,1H3/b12-8+. The van der Waals surface area contributed by atoms with E-state index in [1.807, 2.05) is 18.2 Å². The third-order valence-electron chi connectivity index (χ3n) is 3.39. The van der Waals surface area contributed by atoms with E-state index in [0.717, 1.165) is 19.3 Å². The van der Waals surface area contributed by atoms with Gasteiger partial charge in [0.05, 0.1) is 6.10 Å². The molecule has 0 heterocycles. The van der Waals surface area contributed by atoms with Crippen LogP contribution in [0.4, 0.5) is 0 Å². The Bertz CT molecular complexity index is 257. The van der Waals surface area contributed by atoms with E-state index in [0.29, 0.717) is 0 Å². The molecule has 1 N–H and O–H groups in total. The van der Waals surface area contributed by atoms with Gasteiger partial charge in [-0.3, -0.25) is 0 Å². The molecule has 0 spiro atoms. The molecule has 0 aromatic heterocycles. The van der Waals surface area contributed by atoms with Crippen molar-refractivity contribution in [2.75, 3.05) is 0 Å². The molecule has 0 aromatic carbocycles. The molecule has 0 amide bonds. The average Bonchev–Trinajstić information content (AvgIpc) is 2.19. The van der Waals surface area contributed by atoms with Crippen molar-refractivity contribution in [2.24, 2.45) is 5.41 Å². The van der Waals surface area contributed by atoms with Crippen LogP contribution in [0.25, 0.3) is 0 Å². The number of aliphatic hydroxyl groups is 1. The Morgan fingerprint density at radius 3 is 2.53 bits per heavy atom. The van der Waals surface area contributed by atoms with Gasteiger partial charge in [0, 0.05) is 5.41 Å². The topological polar surface area (TPSA) is 20.2 Å². The molecule has 1 nitrogen and oxygen atoms in total. The highest BCUT2D eigenvalue weighted by Crippen LogP contribution is 2.51. The number of hydrogen-bond donors (Lipinski definition) is 1. The first-order valence-corrected chi connectivity index (χ1v) is 5.82. The normalized spacial score (nSPS) is 30.8. The van der Waals surface area contributed by atoms with Crippen molar-refractivity contribution in [1.29, 1.82) is 0 Å². The number of allylic oxidation sites excluding steroid dienone is 4. The lowest BCUT2D eigenvalue weighted by Gasteiger charge is -2.47. The van der Waals surface area contributed by atoms with E-state index in [-0.39, 0.29) is 11.5 Å². The second kappa shape index (κ2) is 5.32. The van der Waals surface area contributed by atoms with Crippen molar-refractivity contribution in [3.05, 3.63) is 37.0 Å². The summed E-state index contributed by atoms with van der Waals surface area (Å²) < 4.78 is 0. The maximum absolute atomic E-state index is 9.51. The zero-order valence-corrected chi connectivity index (χ0v) is 9.71. The molecule has 1 aliphatic rings. The Hall–Kier alpha value is -0.820. The molecule has 1 aliphatic carbocycles. The lowest BCUT2D eigenvalue weighted by molar-refractivity contribution is -0.0126. The second-order valence-electron chi connectivity index (χ2n) is 4.51. The van der Waals surface area contributed by atoms with Gasteiger partial charge < -0.3 is 5.11 Å². The minimum absolute atomic E-state index is 0.116. The fourth-order valence-electron chi connectivity index (χ4n) is 2.53. The molecule has 1 fully saturated rings. The highest BCUT2D eigenvalue weighted by atomic mass is 16.3. The molecule has 0 saturated heterocycles. The number of unbranched alkanes of at least 4 members (excludes halogenated alkanes) is 1. The van der Waals surface area contributed by atoms with Crippen LogP contribution in [0.3, 0.4) is 0 Å². The van der Waals surface area contributed by atoms with Crippen LogP contribution in [0.5, 0.6) is 0 Å². The Balaban J connectivity index is 2.76. The van der Waals surface area contributed by atoms with Gasteiger partial charge in [0.1, 0.15) is 0 Å². The molecule has 0 unspecified atom stereocenters. The Kier molecular flexibility index (Phi) is 4.34. The molecule has 0 radical (unpaired) electrons. The van der Waals surface area contributed by atoms with Gasteiger partial charge in [-0.25, -0.2) is 0 Å². The van der Waals surface area contributed by atoms with E-state index >= 15 is 0 Å². The highest BCUT2D eigenvalue weighted by molar-refractivity contribution is 5.32. The van der Waals surface area contributed by atoms with E-state index < -0.39 is 0 Å². The average molecular weight is 206 g/mol. The molecule has 1 heteroatoms. The molecule has 0 aliphatic heterocycles. The van der Waals surface area contributed by atoms with Crippen molar-refractivity contribution in [2.45, 2.75) is 45.1 Å². The molecular formula is C14H22O. The summed E-state index contributed by atoms with van der Waals surface area (Å²) in [5.74, 6) is 0. The van der Waals surface area contributed by atoms with Crippen LogP contribution in [-0.2, 0) is 0 Å². The van der Waals surface area contributed by atoms with Gasteiger partial charge in [-0.05, 0) is 24.8 Å². The van der Waals surface area contributed by atoms with E-state index in [2.05, 4.69) is 20.1 Å². The van der Waals surface area contributed by atoms with Crippen LogP contribution in [0, 0.1) is 5.41 Å². The van der Waals surface area contributed by atoms with Crippen LogP contribution < -0.4 is 0 Å². The maximum Gasteiger partial charge on any atom is 0.0557 e. The molecule has 0 aromatic rings. The van der Waals surface area contributed by atoms with Crippen LogP contribution >= 0.6 is 0 Å². The van der Waals surface area contributed by atoms with E-state index in [1.165, 1.54) is 18.4 Å². The van der Waals surface area contributed by atoms with Crippen molar-refractivity contribution < 1.29 is 5.11 Å². The molecule has 1 rings (SSSR count). The highest BCUT2D eigenvalue weighted by Gasteiger charge is 2.44. The van der Waals surface area contributed by atoms with E-state index in [9.17, 15) is 5.11 Å². The quantitative estimate of drug-likeness (QED) is 0.658. The molecule has 0 atom stereocenters. The van der Waals surface area contributed by atoms with E-state index in [1.54, 1.807) is 0 Å². The first-order chi connectivity index (χ1) is 7.18. The summed E-state index contributed by atoms with van der Waals surface area (Å²) >= 11 is 0. The van der Waals surface area contributed by atoms with Crippen molar-refractivity contribution in [3.8, 4) is 0 Å². The van der Waals surface area contributed by atoms with Crippen LogP contribution in [-0.4, -0.2) is 11.2 Å². The predicted octanol–water partition coefficient (Wildman–Crippen LogP) is 3.62. The predicted molar refractivity (Wildman–Crippen MR) is 65.7 cm³/mol. The Morgan fingerprint density at radius 2 is 2.13 bits per heavy atom. The first kappa shape index (κ1) is 12.3. The van der Waals surface area contributed by atoms with Crippen molar-refractivity contribution >= 4 is 0 Å². The molecule has 84 valence electrons. The van der Waals surface area contributed by atoms with Gasteiger partial charge in [0.25, 0.3) is 0 Å².